The number of aliphatic hydroxyl groups excluding tert-OH is 1. The van der Waals surface area contributed by atoms with E-state index in [4.69, 9.17) is 4.52 Å². The lowest BCUT2D eigenvalue weighted by Gasteiger charge is -2.00. The van der Waals surface area contributed by atoms with Gasteiger partial charge in [-0.1, -0.05) is 11.2 Å². The van der Waals surface area contributed by atoms with Crippen LogP contribution in [0.1, 0.15) is 36.4 Å². The molecule has 1 aliphatic rings. The van der Waals surface area contributed by atoms with E-state index in [0.29, 0.717) is 11.7 Å². The Balaban J connectivity index is 1.97. The summed E-state index contributed by atoms with van der Waals surface area (Å²) in [6.07, 6.45) is 2.82. The summed E-state index contributed by atoms with van der Waals surface area (Å²) in [5, 5.41) is 13.1. The van der Waals surface area contributed by atoms with Gasteiger partial charge in [-0.25, -0.2) is 0 Å². The van der Waals surface area contributed by atoms with Crippen LogP contribution in [0.5, 0.6) is 0 Å². The van der Waals surface area contributed by atoms with Crippen LogP contribution < -0.4 is 0 Å². The lowest BCUT2D eigenvalue weighted by Crippen LogP contribution is -1.93. The molecule has 4 nitrogen and oxygen atoms in total. The molecule has 0 saturated heterocycles. The van der Waals surface area contributed by atoms with Gasteiger partial charge in [0.05, 0.1) is 0 Å². The summed E-state index contributed by atoms with van der Waals surface area (Å²) in [5.41, 5.74) is 3.73. The average Bonchev–Trinajstić information content (AvgIpc) is 2.97. The van der Waals surface area contributed by atoms with Gasteiger partial charge < -0.3 is 9.63 Å². The first-order chi connectivity index (χ1) is 8.24. The van der Waals surface area contributed by atoms with Gasteiger partial charge in [0.25, 0.3) is 5.89 Å². The van der Waals surface area contributed by atoms with E-state index in [1.807, 2.05) is 6.07 Å². The molecule has 3 rings (SSSR count). The molecule has 0 radical (unpaired) electrons. The van der Waals surface area contributed by atoms with Gasteiger partial charge in [0.15, 0.2) is 5.82 Å². The van der Waals surface area contributed by atoms with Crippen LogP contribution in [-0.4, -0.2) is 15.2 Å². The average molecular weight is 230 g/mol. The quantitative estimate of drug-likeness (QED) is 0.859. The molecular formula is C13H14N2O2. The van der Waals surface area contributed by atoms with E-state index in [-0.39, 0.29) is 0 Å². The minimum absolute atomic E-state index is 0.334. The monoisotopic (exact) mass is 230 g/mol. The number of fused-ring (bicyclic) bond motifs is 1. The zero-order chi connectivity index (χ0) is 11.8. The first-order valence-electron chi connectivity index (χ1n) is 5.88. The van der Waals surface area contributed by atoms with Crippen LogP contribution in [0, 0.1) is 0 Å². The minimum Gasteiger partial charge on any atom is -0.385 e. The SMILES string of the molecule is CC(O)c1noc(-c2ccc3c(c2)CCC3)n1. The summed E-state index contributed by atoms with van der Waals surface area (Å²) in [6, 6.07) is 6.25. The van der Waals surface area contributed by atoms with Crippen LogP contribution in [0.15, 0.2) is 22.7 Å². The molecule has 1 heterocycles. The molecule has 1 unspecified atom stereocenters. The number of nitrogens with zero attached hydrogens (tertiary/aromatic N) is 2. The van der Waals surface area contributed by atoms with Crippen molar-refractivity contribution in [3.05, 3.63) is 35.2 Å². The van der Waals surface area contributed by atoms with Crippen LogP contribution >= 0.6 is 0 Å². The standard InChI is InChI=1S/C13H14N2O2/c1-8(16)12-14-13(17-15-12)11-6-5-9-3-2-4-10(9)7-11/h5-8,16H,2-4H2,1H3. The summed E-state index contributed by atoms with van der Waals surface area (Å²) in [6.45, 7) is 1.62. The molecule has 0 saturated carbocycles. The van der Waals surface area contributed by atoms with E-state index in [1.54, 1.807) is 6.92 Å². The normalized spacial score (nSPS) is 15.9. The van der Waals surface area contributed by atoms with E-state index in [2.05, 4.69) is 22.3 Å². The van der Waals surface area contributed by atoms with E-state index in [1.165, 1.54) is 24.0 Å². The third-order valence-corrected chi connectivity index (χ3v) is 3.16. The summed E-state index contributed by atoms with van der Waals surface area (Å²) in [7, 11) is 0. The number of aliphatic hydroxyl groups is 1. The summed E-state index contributed by atoms with van der Waals surface area (Å²) < 4.78 is 5.15. The van der Waals surface area contributed by atoms with Gasteiger partial charge in [0.2, 0.25) is 0 Å². The van der Waals surface area contributed by atoms with Crippen molar-refractivity contribution < 1.29 is 9.63 Å². The molecule has 4 heteroatoms. The van der Waals surface area contributed by atoms with Crippen molar-refractivity contribution in [3.63, 3.8) is 0 Å². The van der Waals surface area contributed by atoms with Gasteiger partial charge in [-0.2, -0.15) is 4.98 Å². The highest BCUT2D eigenvalue weighted by molar-refractivity contribution is 5.56. The molecule has 2 aromatic rings. The fraction of sp³-hybridized carbons (Fsp3) is 0.385. The van der Waals surface area contributed by atoms with E-state index >= 15 is 0 Å². The number of rotatable bonds is 2. The van der Waals surface area contributed by atoms with Gasteiger partial charge in [0.1, 0.15) is 6.10 Å². The Labute approximate surface area is 99.3 Å². The summed E-state index contributed by atoms with van der Waals surface area (Å²) in [4.78, 5) is 4.18. The van der Waals surface area contributed by atoms with Gasteiger partial charge >= 0.3 is 0 Å². The Morgan fingerprint density at radius 1 is 1.29 bits per heavy atom. The second-order valence-electron chi connectivity index (χ2n) is 4.47. The zero-order valence-corrected chi connectivity index (χ0v) is 9.68. The first kappa shape index (κ1) is 10.5. The first-order valence-corrected chi connectivity index (χ1v) is 5.88. The molecule has 0 aliphatic heterocycles. The number of aryl methyl sites for hydroxylation is 2. The minimum atomic E-state index is -0.693. The van der Waals surface area contributed by atoms with E-state index < -0.39 is 6.10 Å². The molecule has 1 aromatic heterocycles. The Kier molecular flexibility index (Phi) is 2.44. The number of benzene rings is 1. The fourth-order valence-corrected chi connectivity index (χ4v) is 2.23. The predicted octanol–water partition coefficient (Wildman–Crippen LogP) is 2.28. The summed E-state index contributed by atoms with van der Waals surface area (Å²) in [5.74, 6) is 0.816. The topological polar surface area (TPSA) is 59.2 Å². The highest BCUT2D eigenvalue weighted by Gasteiger charge is 2.16. The second kappa shape index (κ2) is 3.96. The number of hydrogen-bond acceptors (Lipinski definition) is 4. The molecule has 0 amide bonds. The highest BCUT2D eigenvalue weighted by atomic mass is 16.5. The maximum atomic E-state index is 9.35. The third-order valence-electron chi connectivity index (χ3n) is 3.16. The van der Waals surface area contributed by atoms with Crippen LogP contribution in [0.4, 0.5) is 0 Å². The van der Waals surface area contributed by atoms with Crippen LogP contribution in [0.3, 0.4) is 0 Å². The number of hydrogen-bond donors (Lipinski definition) is 1. The molecule has 0 spiro atoms. The maximum Gasteiger partial charge on any atom is 0.258 e. The lowest BCUT2D eigenvalue weighted by atomic mass is 10.1. The van der Waals surface area contributed by atoms with Crippen molar-refractivity contribution in [3.8, 4) is 11.5 Å². The molecule has 1 aromatic carbocycles. The van der Waals surface area contributed by atoms with Crippen molar-refractivity contribution in [1.82, 2.24) is 10.1 Å². The Morgan fingerprint density at radius 2 is 2.12 bits per heavy atom. The molecular weight excluding hydrogens is 216 g/mol. The van der Waals surface area contributed by atoms with E-state index in [0.717, 1.165) is 12.0 Å². The Hall–Kier alpha value is -1.68. The van der Waals surface area contributed by atoms with Crippen molar-refractivity contribution in [1.29, 1.82) is 0 Å². The lowest BCUT2D eigenvalue weighted by molar-refractivity contribution is 0.184. The largest absolute Gasteiger partial charge is 0.385 e. The predicted molar refractivity (Wildman–Crippen MR) is 62.4 cm³/mol. The van der Waals surface area contributed by atoms with E-state index in [9.17, 15) is 5.11 Å². The highest BCUT2D eigenvalue weighted by Crippen LogP contribution is 2.27. The van der Waals surface area contributed by atoms with Crippen LogP contribution in [0.25, 0.3) is 11.5 Å². The Morgan fingerprint density at radius 3 is 2.88 bits per heavy atom. The van der Waals surface area contributed by atoms with Crippen molar-refractivity contribution in [2.24, 2.45) is 0 Å². The molecule has 0 bridgehead atoms. The third kappa shape index (κ3) is 1.85. The van der Waals surface area contributed by atoms with Crippen molar-refractivity contribution in [2.45, 2.75) is 32.3 Å². The molecule has 1 atom stereocenters. The Bertz CT molecular complexity index is 546. The van der Waals surface area contributed by atoms with Gasteiger partial charge in [-0.3, -0.25) is 0 Å². The second-order valence-corrected chi connectivity index (χ2v) is 4.47. The number of aromatic nitrogens is 2. The molecule has 1 aliphatic carbocycles. The van der Waals surface area contributed by atoms with Gasteiger partial charge in [-0.15, -0.1) is 0 Å². The van der Waals surface area contributed by atoms with Crippen LogP contribution in [0.2, 0.25) is 0 Å². The van der Waals surface area contributed by atoms with Crippen molar-refractivity contribution >= 4 is 0 Å². The summed E-state index contributed by atoms with van der Waals surface area (Å²) >= 11 is 0. The van der Waals surface area contributed by atoms with Gasteiger partial charge in [-0.05, 0) is 49.4 Å². The van der Waals surface area contributed by atoms with Gasteiger partial charge in [0, 0.05) is 5.56 Å². The molecule has 17 heavy (non-hydrogen) atoms. The maximum absolute atomic E-state index is 9.35. The molecule has 1 N–H and O–H groups in total. The smallest absolute Gasteiger partial charge is 0.258 e. The fourth-order valence-electron chi connectivity index (χ4n) is 2.23. The molecule has 0 fully saturated rings. The molecule has 88 valence electrons. The zero-order valence-electron chi connectivity index (χ0n) is 9.68. The van der Waals surface area contributed by atoms with Crippen LogP contribution in [-0.2, 0) is 12.8 Å². The van der Waals surface area contributed by atoms with Crippen molar-refractivity contribution in [2.75, 3.05) is 0 Å².